The summed E-state index contributed by atoms with van der Waals surface area (Å²) in [5.74, 6) is -0.445. The third kappa shape index (κ3) is 3.84. The fourth-order valence-corrected chi connectivity index (χ4v) is 7.31. The monoisotopic (exact) mass is 380 g/mol. The van der Waals surface area contributed by atoms with Gasteiger partial charge in [0, 0.05) is 24.2 Å². The molecule has 3 aromatic rings. The van der Waals surface area contributed by atoms with Crippen molar-refractivity contribution in [1.29, 1.82) is 0 Å². The van der Waals surface area contributed by atoms with Crippen LogP contribution in [0, 0.1) is 11.6 Å². The largest absolute Gasteiger partial charge is 0.300 e. The second kappa shape index (κ2) is 7.70. The Bertz CT molecular complexity index is 900. The summed E-state index contributed by atoms with van der Waals surface area (Å²) in [6, 6.07) is 23.2. The molecular formula is C23H19F2OP. The van der Waals surface area contributed by atoms with Crippen molar-refractivity contribution in [3.05, 3.63) is 102 Å². The van der Waals surface area contributed by atoms with E-state index in [2.05, 4.69) is 12.1 Å². The molecule has 1 saturated heterocycles. The lowest BCUT2D eigenvalue weighted by Crippen LogP contribution is -2.23. The van der Waals surface area contributed by atoms with Crippen LogP contribution in [0.2, 0.25) is 0 Å². The summed E-state index contributed by atoms with van der Waals surface area (Å²) in [7, 11) is -0.852. The third-order valence-electron chi connectivity index (χ3n) is 5.03. The number of ketones is 1. The molecule has 2 atom stereocenters. The van der Waals surface area contributed by atoms with Crippen LogP contribution in [0.3, 0.4) is 0 Å². The van der Waals surface area contributed by atoms with Crippen LogP contribution in [-0.2, 0) is 4.79 Å². The molecule has 0 amide bonds. The molecule has 4 heteroatoms. The van der Waals surface area contributed by atoms with Gasteiger partial charge in [0.25, 0.3) is 0 Å². The molecule has 0 spiro atoms. The first-order chi connectivity index (χ1) is 13.1. The molecule has 0 N–H and O–H groups in total. The molecule has 1 aliphatic heterocycles. The summed E-state index contributed by atoms with van der Waals surface area (Å²) in [6.07, 6.45) is 0.797. The Morgan fingerprint density at radius 1 is 0.704 bits per heavy atom. The van der Waals surface area contributed by atoms with Gasteiger partial charge in [0.1, 0.15) is 17.4 Å². The van der Waals surface area contributed by atoms with Crippen LogP contribution >= 0.6 is 7.92 Å². The van der Waals surface area contributed by atoms with Crippen molar-refractivity contribution >= 4 is 19.0 Å². The molecule has 4 rings (SSSR count). The van der Waals surface area contributed by atoms with Crippen molar-refractivity contribution in [3.8, 4) is 0 Å². The van der Waals surface area contributed by atoms with Gasteiger partial charge in [-0.05, 0) is 40.7 Å². The summed E-state index contributed by atoms with van der Waals surface area (Å²) in [5, 5.41) is 1.16. The SMILES string of the molecule is O=C1C[C@H](c2cccc(F)c2)P(c2ccccc2)[C@@H](c2cccc(F)c2)C1. The minimum atomic E-state index is -0.852. The number of hydrogen-bond acceptors (Lipinski definition) is 1. The molecule has 1 fully saturated rings. The fourth-order valence-electron chi connectivity index (χ4n) is 3.87. The Balaban J connectivity index is 1.85. The average Bonchev–Trinajstić information content (AvgIpc) is 2.68. The number of benzene rings is 3. The lowest BCUT2D eigenvalue weighted by atomic mass is 10.00. The molecule has 0 saturated carbocycles. The van der Waals surface area contributed by atoms with Gasteiger partial charge in [-0.25, -0.2) is 8.78 Å². The third-order valence-corrected chi connectivity index (χ3v) is 8.23. The van der Waals surface area contributed by atoms with Gasteiger partial charge in [-0.15, -0.1) is 0 Å². The topological polar surface area (TPSA) is 17.1 Å². The second-order valence-corrected chi connectivity index (χ2v) is 9.41. The quantitative estimate of drug-likeness (QED) is 0.516. The Kier molecular flexibility index (Phi) is 5.13. The highest BCUT2D eigenvalue weighted by Crippen LogP contribution is 2.66. The summed E-state index contributed by atoms with van der Waals surface area (Å²) in [5.41, 5.74) is 1.54. The van der Waals surface area contributed by atoms with Gasteiger partial charge >= 0.3 is 0 Å². The number of hydrogen-bond donors (Lipinski definition) is 0. The van der Waals surface area contributed by atoms with E-state index in [-0.39, 0.29) is 28.7 Å². The molecule has 1 heterocycles. The van der Waals surface area contributed by atoms with Crippen LogP contribution < -0.4 is 5.30 Å². The Morgan fingerprint density at radius 2 is 1.22 bits per heavy atom. The van der Waals surface area contributed by atoms with E-state index in [1.165, 1.54) is 24.3 Å². The zero-order chi connectivity index (χ0) is 18.8. The molecule has 3 aromatic carbocycles. The van der Waals surface area contributed by atoms with Crippen LogP contribution in [0.25, 0.3) is 0 Å². The van der Waals surface area contributed by atoms with E-state index in [1.807, 2.05) is 30.3 Å². The molecule has 0 bridgehead atoms. The molecule has 27 heavy (non-hydrogen) atoms. The molecule has 0 aromatic heterocycles. The van der Waals surface area contributed by atoms with Gasteiger partial charge in [0.15, 0.2) is 0 Å². The standard InChI is InChI=1S/C23H19F2OP/c24-18-8-4-6-16(12-18)22-14-20(26)15-23(17-7-5-9-19(25)13-17)27(22)21-10-2-1-3-11-21/h1-13,22-23H,14-15H2/t22-,23-/m1/s1. The Hall–Kier alpha value is -2.38. The van der Waals surface area contributed by atoms with Gasteiger partial charge < -0.3 is 0 Å². The minimum Gasteiger partial charge on any atom is -0.300 e. The van der Waals surface area contributed by atoms with E-state index < -0.39 is 7.92 Å². The number of carbonyl (C=O) groups is 1. The normalized spacial score (nSPS) is 20.6. The second-order valence-electron chi connectivity index (χ2n) is 6.83. The summed E-state index contributed by atoms with van der Waals surface area (Å²) >= 11 is 0. The molecule has 0 unspecified atom stereocenters. The minimum absolute atomic E-state index is 0.0763. The van der Waals surface area contributed by atoms with Gasteiger partial charge in [-0.2, -0.15) is 0 Å². The van der Waals surface area contributed by atoms with Crippen molar-refractivity contribution in [3.63, 3.8) is 0 Å². The number of halogens is 2. The number of carbonyl (C=O) groups excluding carboxylic acids is 1. The maximum Gasteiger partial charge on any atom is 0.134 e. The van der Waals surface area contributed by atoms with Gasteiger partial charge in [-0.3, -0.25) is 4.79 Å². The van der Waals surface area contributed by atoms with E-state index in [0.717, 1.165) is 16.4 Å². The summed E-state index contributed by atoms with van der Waals surface area (Å²) in [6.45, 7) is 0. The maximum atomic E-state index is 13.9. The predicted octanol–water partition coefficient (Wildman–Crippen LogP) is 5.92. The smallest absolute Gasteiger partial charge is 0.134 e. The van der Waals surface area contributed by atoms with Crippen LogP contribution in [0.4, 0.5) is 8.78 Å². The van der Waals surface area contributed by atoms with E-state index in [4.69, 9.17) is 0 Å². The highest BCUT2D eigenvalue weighted by Gasteiger charge is 2.39. The van der Waals surface area contributed by atoms with E-state index in [0.29, 0.717) is 12.8 Å². The first kappa shape index (κ1) is 18.0. The van der Waals surface area contributed by atoms with E-state index in [1.54, 1.807) is 12.1 Å². The van der Waals surface area contributed by atoms with Gasteiger partial charge in [-0.1, -0.05) is 62.5 Å². The Morgan fingerprint density at radius 3 is 1.70 bits per heavy atom. The molecule has 0 radical (unpaired) electrons. The lowest BCUT2D eigenvalue weighted by Gasteiger charge is -2.39. The van der Waals surface area contributed by atoms with Gasteiger partial charge in [0.2, 0.25) is 0 Å². The molecule has 1 nitrogen and oxygen atoms in total. The molecule has 1 aliphatic rings. The summed E-state index contributed by atoms with van der Waals surface area (Å²) < 4.78 is 27.8. The van der Waals surface area contributed by atoms with Crippen molar-refractivity contribution < 1.29 is 13.6 Å². The number of rotatable bonds is 3. The zero-order valence-corrected chi connectivity index (χ0v) is 15.6. The van der Waals surface area contributed by atoms with E-state index >= 15 is 0 Å². The average molecular weight is 380 g/mol. The van der Waals surface area contributed by atoms with Crippen LogP contribution in [0.1, 0.15) is 35.3 Å². The highest BCUT2D eigenvalue weighted by molar-refractivity contribution is 7.66. The van der Waals surface area contributed by atoms with Crippen LogP contribution in [0.5, 0.6) is 0 Å². The van der Waals surface area contributed by atoms with Crippen molar-refractivity contribution in [2.75, 3.05) is 0 Å². The summed E-state index contributed by atoms with van der Waals surface area (Å²) in [4.78, 5) is 12.6. The lowest BCUT2D eigenvalue weighted by molar-refractivity contribution is -0.119. The van der Waals surface area contributed by atoms with Crippen LogP contribution in [0.15, 0.2) is 78.9 Å². The molecule has 136 valence electrons. The molecular weight excluding hydrogens is 361 g/mol. The van der Waals surface area contributed by atoms with Crippen LogP contribution in [-0.4, -0.2) is 5.78 Å². The van der Waals surface area contributed by atoms with Crippen molar-refractivity contribution in [1.82, 2.24) is 0 Å². The molecule has 0 aliphatic carbocycles. The van der Waals surface area contributed by atoms with Gasteiger partial charge in [0.05, 0.1) is 0 Å². The zero-order valence-electron chi connectivity index (χ0n) is 14.7. The van der Waals surface area contributed by atoms with Crippen molar-refractivity contribution in [2.24, 2.45) is 0 Å². The number of Topliss-reactive ketones (excluding diaryl/α,β-unsaturated/α-hetero) is 1. The predicted molar refractivity (Wildman–Crippen MR) is 106 cm³/mol. The maximum absolute atomic E-state index is 13.9. The Labute approximate surface area is 158 Å². The van der Waals surface area contributed by atoms with Crippen molar-refractivity contribution in [2.45, 2.75) is 24.2 Å². The fraction of sp³-hybridized carbons (Fsp3) is 0.174. The first-order valence-electron chi connectivity index (χ1n) is 8.98. The van der Waals surface area contributed by atoms with E-state index in [9.17, 15) is 13.6 Å². The first-order valence-corrected chi connectivity index (χ1v) is 10.5. The highest BCUT2D eigenvalue weighted by atomic mass is 31.1.